The Morgan fingerprint density at radius 1 is 1.50 bits per heavy atom. The molecule has 1 aromatic carbocycles. The molecule has 1 aromatic rings. The van der Waals surface area contributed by atoms with Crippen LogP contribution in [0.5, 0.6) is 0 Å². The number of hydrogen-bond acceptors (Lipinski definition) is 1. The van der Waals surface area contributed by atoms with E-state index in [0.717, 1.165) is 0 Å². The maximum Gasteiger partial charge on any atom is 0.335 e. The molecule has 0 aromatic heterocycles. The Kier molecular flexibility index (Phi) is 2.89. The third-order valence-electron chi connectivity index (χ3n) is 2.23. The van der Waals surface area contributed by atoms with E-state index in [0.29, 0.717) is 5.56 Å². The van der Waals surface area contributed by atoms with Gasteiger partial charge in [0.2, 0.25) is 0 Å². The standard InChI is InChI=1S/C11H13FO2/c1-11(2,7-12)9-5-3-4-8(6-9)10(13)14/h3-6H,7H2,1-2H3,(H,13,14). The minimum Gasteiger partial charge on any atom is -0.478 e. The van der Waals surface area contributed by atoms with Crippen molar-refractivity contribution in [2.75, 3.05) is 6.67 Å². The summed E-state index contributed by atoms with van der Waals surface area (Å²) in [7, 11) is 0. The van der Waals surface area contributed by atoms with Crippen molar-refractivity contribution in [3.05, 3.63) is 35.4 Å². The second-order valence-corrected chi connectivity index (χ2v) is 3.90. The van der Waals surface area contributed by atoms with Crippen molar-refractivity contribution in [1.29, 1.82) is 0 Å². The molecule has 0 fully saturated rings. The van der Waals surface area contributed by atoms with Gasteiger partial charge in [-0.25, -0.2) is 4.79 Å². The first-order valence-electron chi connectivity index (χ1n) is 4.37. The van der Waals surface area contributed by atoms with Crippen molar-refractivity contribution in [3.63, 3.8) is 0 Å². The molecule has 0 aliphatic heterocycles. The smallest absolute Gasteiger partial charge is 0.335 e. The van der Waals surface area contributed by atoms with Crippen molar-refractivity contribution in [1.82, 2.24) is 0 Å². The molecular formula is C11H13FO2. The maximum absolute atomic E-state index is 12.6. The summed E-state index contributed by atoms with van der Waals surface area (Å²) in [6.45, 7) is 2.98. The topological polar surface area (TPSA) is 37.3 Å². The van der Waals surface area contributed by atoms with Crippen LogP contribution in [-0.4, -0.2) is 17.8 Å². The van der Waals surface area contributed by atoms with Gasteiger partial charge in [0.25, 0.3) is 0 Å². The molecule has 0 spiro atoms. The van der Waals surface area contributed by atoms with Gasteiger partial charge in [0.05, 0.1) is 12.2 Å². The van der Waals surface area contributed by atoms with Gasteiger partial charge in [-0.2, -0.15) is 0 Å². The number of hydrogen-bond donors (Lipinski definition) is 1. The molecule has 1 N–H and O–H groups in total. The highest BCUT2D eigenvalue weighted by atomic mass is 19.1. The van der Waals surface area contributed by atoms with Crippen LogP contribution in [0.15, 0.2) is 24.3 Å². The van der Waals surface area contributed by atoms with Gasteiger partial charge in [-0.3, -0.25) is 4.39 Å². The van der Waals surface area contributed by atoms with Crippen LogP contribution in [-0.2, 0) is 5.41 Å². The fraction of sp³-hybridized carbons (Fsp3) is 0.364. The summed E-state index contributed by atoms with van der Waals surface area (Å²) in [4.78, 5) is 10.7. The summed E-state index contributed by atoms with van der Waals surface area (Å²) in [5.74, 6) is -0.985. The van der Waals surface area contributed by atoms with Crippen LogP contribution < -0.4 is 0 Å². The van der Waals surface area contributed by atoms with Crippen molar-refractivity contribution < 1.29 is 14.3 Å². The Morgan fingerprint density at radius 2 is 2.14 bits per heavy atom. The van der Waals surface area contributed by atoms with Crippen LogP contribution in [0.4, 0.5) is 4.39 Å². The van der Waals surface area contributed by atoms with E-state index in [4.69, 9.17) is 5.11 Å². The van der Waals surface area contributed by atoms with Gasteiger partial charge in [-0.1, -0.05) is 26.0 Å². The first kappa shape index (κ1) is 10.7. The summed E-state index contributed by atoms with van der Waals surface area (Å²) in [5.41, 5.74) is 0.287. The molecule has 0 heterocycles. The summed E-state index contributed by atoms with van der Waals surface area (Å²) in [6.07, 6.45) is 0. The molecule has 3 heteroatoms. The molecule has 14 heavy (non-hydrogen) atoms. The zero-order valence-electron chi connectivity index (χ0n) is 8.25. The Bertz CT molecular complexity index is 345. The van der Waals surface area contributed by atoms with Gasteiger partial charge in [0.1, 0.15) is 0 Å². The Hall–Kier alpha value is -1.38. The van der Waals surface area contributed by atoms with Gasteiger partial charge in [-0.15, -0.1) is 0 Å². The van der Waals surface area contributed by atoms with E-state index in [2.05, 4.69) is 0 Å². The van der Waals surface area contributed by atoms with E-state index in [-0.39, 0.29) is 5.56 Å². The average Bonchev–Trinajstić information content (AvgIpc) is 2.18. The summed E-state index contributed by atoms with van der Waals surface area (Å²) >= 11 is 0. The zero-order valence-corrected chi connectivity index (χ0v) is 8.25. The first-order valence-corrected chi connectivity index (χ1v) is 4.37. The summed E-state index contributed by atoms with van der Waals surface area (Å²) < 4.78 is 12.6. The number of carbonyl (C=O) groups is 1. The summed E-state index contributed by atoms with van der Waals surface area (Å²) in [6, 6.07) is 6.39. The number of alkyl halides is 1. The molecular weight excluding hydrogens is 183 g/mol. The van der Waals surface area contributed by atoms with Crippen LogP contribution >= 0.6 is 0 Å². The molecule has 0 aliphatic rings. The zero-order chi connectivity index (χ0) is 10.8. The molecule has 1 rings (SSSR count). The van der Waals surface area contributed by atoms with Crippen LogP contribution in [0, 0.1) is 0 Å². The molecule has 0 radical (unpaired) electrons. The van der Waals surface area contributed by atoms with Gasteiger partial charge in [-0.05, 0) is 17.7 Å². The molecule has 0 aliphatic carbocycles. The second-order valence-electron chi connectivity index (χ2n) is 3.90. The predicted molar refractivity (Wildman–Crippen MR) is 52.4 cm³/mol. The van der Waals surface area contributed by atoms with Crippen molar-refractivity contribution in [2.45, 2.75) is 19.3 Å². The van der Waals surface area contributed by atoms with Crippen molar-refractivity contribution in [3.8, 4) is 0 Å². The third-order valence-corrected chi connectivity index (χ3v) is 2.23. The highest BCUT2D eigenvalue weighted by molar-refractivity contribution is 5.87. The molecule has 2 nitrogen and oxygen atoms in total. The summed E-state index contributed by atoms with van der Waals surface area (Å²) in [5, 5.41) is 8.75. The SMILES string of the molecule is CC(C)(CF)c1cccc(C(=O)O)c1. The van der Waals surface area contributed by atoms with E-state index in [1.807, 2.05) is 0 Å². The molecule has 0 amide bonds. The monoisotopic (exact) mass is 196 g/mol. The molecule has 76 valence electrons. The van der Waals surface area contributed by atoms with E-state index in [1.165, 1.54) is 12.1 Å². The van der Waals surface area contributed by atoms with Crippen LogP contribution in [0.25, 0.3) is 0 Å². The Morgan fingerprint density at radius 3 is 2.64 bits per heavy atom. The lowest BCUT2D eigenvalue weighted by Gasteiger charge is -2.21. The average molecular weight is 196 g/mol. The fourth-order valence-corrected chi connectivity index (χ4v) is 1.15. The number of carboxylic acid groups (broad SMARTS) is 1. The van der Waals surface area contributed by atoms with Gasteiger partial charge in [0, 0.05) is 5.41 Å². The number of aromatic carboxylic acids is 1. The highest BCUT2D eigenvalue weighted by Gasteiger charge is 2.21. The lowest BCUT2D eigenvalue weighted by molar-refractivity contribution is 0.0696. The van der Waals surface area contributed by atoms with E-state index >= 15 is 0 Å². The van der Waals surface area contributed by atoms with Gasteiger partial charge >= 0.3 is 5.97 Å². The maximum atomic E-state index is 12.6. The number of rotatable bonds is 3. The molecule has 0 bridgehead atoms. The predicted octanol–water partition coefficient (Wildman–Crippen LogP) is 2.63. The number of halogens is 1. The lowest BCUT2D eigenvalue weighted by atomic mass is 9.85. The van der Waals surface area contributed by atoms with E-state index in [1.54, 1.807) is 26.0 Å². The largest absolute Gasteiger partial charge is 0.478 e. The van der Waals surface area contributed by atoms with E-state index in [9.17, 15) is 9.18 Å². The molecule has 0 atom stereocenters. The van der Waals surface area contributed by atoms with Crippen LogP contribution in [0.1, 0.15) is 29.8 Å². The fourth-order valence-electron chi connectivity index (χ4n) is 1.15. The highest BCUT2D eigenvalue weighted by Crippen LogP contribution is 2.24. The minimum absolute atomic E-state index is 0.198. The second kappa shape index (κ2) is 3.78. The van der Waals surface area contributed by atoms with Crippen LogP contribution in [0.2, 0.25) is 0 Å². The van der Waals surface area contributed by atoms with Crippen LogP contribution in [0.3, 0.4) is 0 Å². The normalized spacial score (nSPS) is 11.4. The van der Waals surface area contributed by atoms with E-state index < -0.39 is 18.1 Å². The third kappa shape index (κ3) is 2.10. The molecule has 0 unspecified atom stereocenters. The number of benzene rings is 1. The quantitative estimate of drug-likeness (QED) is 0.806. The molecule has 0 saturated carbocycles. The lowest BCUT2D eigenvalue weighted by Crippen LogP contribution is -2.20. The van der Waals surface area contributed by atoms with Gasteiger partial charge < -0.3 is 5.11 Å². The minimum atomic E-state index is -0.985. The Balaban J connectivity index is 3.12. The number of carboxylic acids is 1. The van der Waals surface area contributed by atoms with Crippen molar-refractivity contribution in [2.24, 2.45) is 0 Å². The first-order chi connectivity index (χ1) is 6.47. The van der Waals surface area contributed by atoms with Gasteiger partial charge in [0.15, 0.2) is 0 Å². The molecule has 0 saturated heterocycles. The Labute approximate surface area is 82.4 Å². The van der Waals surface area contributed by atoms with Crippen molar-refractivity contribution >= 4 is 5.97 Å².